The molecule has 0 atom stereocenters. The van der Waals surface area contributed by atoms with Crippen molar-refractivity contribution in [3.8, 4) is 0 Å². The van der Waals surface area contributed by atoms with E-state index in [-0.39, 0.29) is 18.3 Å². The average molecular weight is 338 g/mol. The van der Waals surface area contributed by atoms with Crippen LogP contribution in [0.4, 0.5) is 5.69 Å². The Bertz CT molecular complexity index is 748. The topological polar surface area (TPSA) is 67.8 Å². The van der Waals surface area contributed by atoms with Crippen LogP contribution in [-0.4, -0.2) is 24.5 Å². The zero-order valence-electron chi connectivity index (χ0n) is 14.7. The number of oxime groups is 1. The molecule has 0 radical (unpaired) electrons. The number of carbonyl (C=O) groups excluding carboxylic acids is 2. The Morgan fingerprint density at radius 1 is 1.08 bits per heavy atom. The van der Waals surface area contributed by atoms with Gasteiger partial charge < -0.3 is 10.2 Å². The third-order valence-corrected chi connectivity index (χ3v) is 3.65. The molecule has 0 aliphatic rings. The summed E-state index contributed by atoms with van der Waals surface area (Å²) in [5.74, 6) is 0.148. The van der Waals surface area contributed by atoms with Gasteiger partial charge in [0.25, 0.3) is 5.91 Å². The van der Waals surface area contributed by atoms with Crippen molar-refractivity contribution in [1.82, 2.24) is 0 Å². The van der Waals surface area contributed by atoms with E-state index in [1.807, 2.05) is 24.3 Å². The number of amides is 1. The van der Waals surface area contributed by atoms with Crippen LogP contribution in [0, 0.1) is 0 Å². The maximum atomic E-state index is 11.8. The van der Waals surface area contributed by atoms with Crippen LogP contribution < -0.4 is 5.32 Å². The molecule has 0 aromatic heterocycles. The first-order valence-corrected chi connectivity index (χ1v) is 8.12. The zero-order chi connectivity index (χ0) is 18.2. The van der Waals surface area contributed by atoms with Crippen LogP contribution in [0.15, 0.2) is 53.7 Å². The second-order valence-corrected chi connectivity index (χ2v) is 6.01. The van der Waals surface area contributed by atoms with Gasteiger partial charge in [0.1, 0.15) is 0 Å². The minimum Gasteiger partial charge on any atom is -0.386 e. The molecule has 130 valence electrons. The largest absolute Gasteiger partial charge is 0.386 e. The Kier molecular flexibility index (Phi) is 6.46. The second kappa shape index (κ2) is 8.78. The van der Waals surface area contributed by atoms with E-state index in [2.05, 4.69) is 24.3 Å². The molecular formula is C20H22N2O3. The van der Waals surface area contributed by atoms with Gasteiger partial charge in [0.15, 0.2) is 12.4 Å². The smallest absolute Gasteiger partial charge is 0.265 e. The first-order valence-electron chi connectivity index (χ1n) is 8.12. The summed E-state index contributed by atoms with van der Waals surface area (Å²) in [5, 5.41) is 6.48. The summed E-state index contributed by atoms with van der Waals surface area (Å²) in [7, 11) is 0. The summed E-state index contributed by atoms with van der Waals surface area (Å²) in [4.78, 5) is 28.0. The predicted octanol–water partition coefficient (Wildman–Crippen LogP) is 4.00. The SMILES string of the molecule is CC(=O)c1ccc(NC(=O)CO/N=C\c2ccc(C(C)C)cc2)cc1. The fraction of sp³-hybridized carbons (Fsp3) is 0.250. The minimum absolute atomic E-state index is 0.0167. The molecule has 5 nitrogen and oxygen atoms in total. The van der Waals surface area contributed by atoms with Gasteiger partial charge in [-0.1, -0.05) is 43.3 Å². The lowest BCUT2D eigenvalue weighted by molar-refractivity contribution is -0.120. The van der Waals surface area contributed by atoms with E-state index in [4.69, 9.17) is 4.84 Å². The number of anilines is 1. The number of ketones is 1. The Labute approximate surface area is 147 Å². The molecule has 0 bridgehead atoms. The summed E-state index contributed by atoms with van der Waals surface area (Å²) >= 11 is 0. The van der Waals surface area contributed by atoms with Gasteiger partial charge in [0, 0.05) is 11.3 Å². The number of Topliss-reactive ketones (excluding diaryl/α,β-unsaturated/α-hetero) is 1. The average Bonchev–Trinajstić information content (AvgIpc) is 2.59. The summed E-state index contributed by atoms with van der Waals surface area (Å²) in [6.07, 6.45) is 1.57. The monoisotopic (exact) mass is 338 g/mol. The van der Waals surface area contributed by atoms with Crippen molar-refractivity contribution in [1.29, 1.82) is 0 Å². The van der Waals surface area contributed by atoms with E-state index in [1.54, 1.807) is 30.5 Å². The molecule has 0 saturated carbocycles. The summed E-state index contributed by atoms with van der Waals surface area (Å²) in [6.45, 7) is 5.59. The van der Waals surface area contributed by atoms with E-state index >= 15 is 0 Å². The van der Waals surface area contributed by atoms with Crippen molar-refractivity contribution in [2.45, 2.75) is 26.7 Å². The van der Waals surface area contributed by atoms with Gasteiger partial charge in [-0.3, -0.25) is 9.59 Å². The molecule has 1 N–H and O–H groups in total. The molecule has 0 saturated heterocycles. The number of hydrogen-bond donors (Lipinski definition) is 1. The zero-order valence-corrected chi connectivity index (χ0v) is 14.7. The lowest BCUT2D eigenvalue weighted by Crippen LogP contribution is -2.17. The highest BCUT2D eigenvalue weighted by molar-refractivity contribution is 5.95. The minimum atomic E-state index is -0.317. The molecule has 25 heavy (non-hydrogen) atoms. The Morgan fingerprint density at radius 2 is 1.72 bits per heavy atom. The predicted molar refractivity (Wildman–Crippen MR) is 99.2 cm³/mol. The van der Waals surface area contributed by atoms with E-state index < -0.39 is 0 Å². The van der Waals surface area contributed by atoms with Gasteiger partial charge in [-0.2, -0.15) is 0 Å². The van der Waals surface area contributed by atoms with E-state index in [0.29, 0.717) is 17.2 Å². The van der Waals surface area contributed by atoms with E-state index in [9.17, 15) is 9.59 Å². The highest BCUT2D eigenvalue weighted by Crippen LogP contribution is 2.14. The summed E-state index contributed by atoms with van der Waals surface area (Å²) in [6, 6.07) is 14.7. The normalized spacial score (nSPS) is 10.9. The highest BCUT2D eigenvalue weighted by atomic mass is 16.6. The van der Waals surface area contributed by atoms with E-state index in [1.165, 1.54) is 12.5 Å². The van der Waals surface area contributed by atoms with Crippen molar-refractivity contribution in [2.75, 3.05) is 11.9 Å². The lowest BCUT2D eigenvalue weighted by atomic mass is 10.0. The molecule has 0 aliphatic carbocycles. The fourth-order valence-corrected chi connectivity index (χ4v) is 2.15. The van der Waals surface area contributed by atoms with Gasteiger partial charge in [0.2, 0.25) is 0 Å². The maximum absolute atomic E-state index is 11.8. The molecule has 0 unspecified atom stereocenters. The fourth-order valence-electron chi connectivity index (χ4n) is 2.15. The van der Waals surface area contributed by atoms with Crippen molar-refractivity contribution in [2.24, 2.45) is 5.16 Å². The number of hydrogen-bond acceptors (Lipinski definition) is 4. The number of benzene rings is 2. The first kappa shape index (κ1) is 18.4. The van der Waals surface area contributed by atoms with Crippen molar-refractivity contribution in [3.05, 3.63) is 65.2 Å². The molecule has 0 spiro atoms. The van der Waals surface area contributed by atoms with Crippen LogP contribution in [0.25, 0.3) is 0 Å². The molecule has 5 heteroatoms. The third kappa shape index (κ3) is 5.88. The Morgan fingerprint density at radius 3 is 2.28 bits per heavy atom. The van der Waals surface area contributed by atoms with Crippen molar-refractivity contribution < 1.29 is 14.4 Å². The van der Waals surface area contributed by atoms with Crippen LogP contribution in [-0.2, 0) is 9.63 Å². The Hall–Kier alpha value is -2.95. The molecule has 2 rings (SSSR count). The number of nitrogens with one attached hydrogen (secondary N) is 1. The maximum Gasteiger partial charge on any atom is 0.265 e. The van der Waals surface area contributed by atoms with Crippen LogP contribution in [0.5, 0.6) is 0 Å². The molecule has 0 heterocycles. The van der Waals surface area contributed by atoms with Crippen molar-refractivity contribution in [3.63, 3.8) is 0 Å². The third-order valence-electron chi connectivity index (χ3n) is 3.65. The van der Waals surface area contributed by atoms with Crippen LogP contribution >= 0.6 is 0 Å². The molecule has 2 aromatic carbocycles. The van der Waals surface area contributed by atoms with Gasteiger partial charge in [-0.05, 0) is 48.2 Å². The van der Waals surface area contributed by atoms with Gasteiger partial charge in [-0.15, -0.1) is 0 Å². The van der Waals surface area contributed by atoms with Crippen LogP contribution in [0.2, 0.25) is 0 Å². The number of rotatable bonds is 7. The standard InChI is InChI=1S/C20H22N2O3/c1-14(2)17-6-4-16(5-7-17)12-21-25-13-20(24)22-19-10-8-18(9-11-19)15(3)23/h4-12,14H,13H2,1-3H3,(H,22,24)/b21-12-. The number of carbonyl (C=O) groups is 2. The quantitative estimate of drug-likeness (QED) is 0.471. The first-order chi connectivity index (χ1) is 12.0. The summed E-state index contributed by atoms with van der Waals surface area (Å²) < 4.78 is 0. The molecule has 1 amide bonds. The number of nitrogens with zero attached hydrogens (tertiary/aromatic N) is 1. The highest BCUT2D eigenvalue weighted by Gasteiger charge is 2.04. The molecule has 2 aromatic rings. The second-order valence-electron chi connectivity index (χ2n) is 6.01. The van der Waals surface area contributed by atoms with E-state index in [0.717, 1.165) is 5.56 Å². The van der Waals surface area contributed by atoms with Crippen molar-refractivity contribution >= 4 is 23.6 Å². The summed E-state index contributed by atoms with van der Waals surface area (Å²) in [5.41, 5.74) is 3.37. The molecule has 0 fully saturated rings. The molecular weight excluding hydrogens is 316 g/mol. The van der Waals surface area contributed by atoms with Gasteiger partial charge in [0.05, 0.1) is 6.21 Å². The Balaban J connectivity index is 1.78. The van der Waals surface area contributed by atoms with Crippen LogP contribution in [0.1, 0.15) is 48.2 Å². The van der Waals surface area contributed by atoms with Gasteiger partial charge in [-0.25, -0.2) is 0 Å². The van der Waals surface area contributed by atoms with Crippen LogP contribution in [0.3, 0.4) is 0 Å². The van der Waals surface area contributed by atoms with Gasteiger partial charge >= 0.3 is 0 Å². The lowest BCUT2D eigenvalue weighted by Gasteiger charge is -2.05. The molecule has 0 aliphatic heterocycles.